The first-order valence-corrected chi connectivity index (χ1v) is 10.1. The van der Waals surface area contributed by atoms with Crippen LogP contribution in [0.25, 0.3) is 22.0 Å². The number of morpholine rings is 1. The lowest BCUT2D eigenvalue weighted by Gasteiger charge is -2.29. The largest absolute Gasteiger partial charge is 0.481 e. The molecule has 156 valence electrons. The number of benzene rings is 2. The van der Waals surface area contributed by atoms with Gasteiger partial charge in [0.05, 0.1) is 18.7 Å². The van der Waals surface area contributed by atoms with Crippen LogP contribution in [0.1, 0.15) is 18.1 Å². The van der Waals surface area contributed by atoms with E-state index in [0.717, 1.165) is 33.2 Å². The Balaban J connectivity index is 1.62. The van der Waals surface area contributed by atoms with Crippen LogP contribution < -0.4 is 4.74 Å². The summed E-state index contributed by atoms with van der Waals surface area (Å²) in [5, 5.41) is 0.954. The minimum atomic E-state index is -0.592. The highest BCUT2D eigenvalue weighted by Crippen LogP contribution is 2.34. The molecule has 1 amide bonds. The van der Waals surface area contributed by atoms with E-state index >= 15 is 0 Å². The number of pyridine rings is 1. The van der Waals surface area contributed by atoms with E-state index in [1.165, 1.54) is 0 Å². The third-order valence-corrected chi connectivity index (χ3v) is 5.46. The number of halogens is 1. The lowest BCUT2D eigenvalue weighted by Crippen LogP contribution is -2.46. The number of aromatic nitrogens is 1. The second-order valence-electron chi connectivity index (χ2n) is 7.65. The number of hydrogen-bond acceptors (Lipinski definition) is 4. The maximum Gasteiger partial charge on any atom is 0.263 e. The van der Waals surface area contributed by atoms with E-state index in [1.807, 2.05) is 38.1 Å². The van der Waals surface area contributed by atoms with Gasteiger partial charge in [0.25, 0.3) is 5.91 Å². The van der Waals surface area contributed by atoms with Crippen molar-refractivity contribution in [3.63, 3.8) is 0 Å². The van der Waals surface area contributed by atoms with Gasteiger partial charge in [0.1, 0.15) is 11.6 Å². The molecule has 4 rings (SSSR count). The van der Waals surface area contributed by atoms with Crippen LogP contribution in [0.2, 0.25) is 0 Å². The fourth-order valence-corrected chi connectivity index (χ4v) is 4.05. The number of amides is 1. The van der Waals surface area contributed by atoms with Gasteiger partial charge in [-0.05, 0) is 73.4 Å². The Morgan fingerprint density at radius 3 is 2.53 bits per heavy atom. The Kier molecular flexibility index (Phi) is 5.68. The molecule has 2 heterocycles. The van der Waals surface area contributed by atoms with Crippen LogP contribution in [-0.2, 0) is 9.53 Å². The molecule has 0 spiro atoms. The molecule has 6 heteroatoms. The van der Waals surface area contributed by atoms with E-state index in [1.54, 1.807) is 30.2 Å². The molecule has 3 aromatic rings. The summed E-state index contributed by atoms with van der Waals surface area (Å²) in [5.74, 6) is 0.313. The lowest BCUT2D eigenvalue weighted by atomic mass is 9.93. The van der Waals surface area contributed by atoms with E-state index < -0.39 is 6.10 Å². The van der Waals surface area contributed by atoms with Crippen molar-refractivity contribution in [3.05, 3.63) is 59.5 Å². The number of hydrogen-bond donors (Lipinski definition) is 0. The molecule has 0 bridgehead atoms. The predicted molar refractivity (Wildman–Crippen MR) is 114 cm³/mol. The summed E-state index contributed by atoms with van der Waals surface area (Å²) in [7, 11) is 0. The van der Waals surface area contributed by atoms with Crippen molar-refractivity contribution in [3.8, 4) is 16.9 Å². The molecule has 30 heavy (non-hydrogen) atoms. The highest BCUT2D eigenvalue weighted by atomic mass is 19.1. The van der Waals surface area contributed by atoms with Crippen LogP contribution in [0.4, 0.5) is 4.39 Å². The van der Waals surface area contributed by atoms with Gasteiger partial charge in [0.2, 0.25) is 0 Å². The van der Waals surface area contributed by atoms with Crippen molar-refractivity contribution in [2.75, 3.05) is 26.3 Å². The number of fused-ring (bicyclic) bond motifs is 1. The van der Waals surface area contributed by atoms with Crippen LogP contribution in [-0.4, -0.2) is 48.2 Å². The van der Waals surface area contributed by atoms with Crippen LogP contribution in [0, 0.1) is 19.7 Å². The standard InChI is InChI=1S/C24H25FN2O3/c1-15-12-18(25)13-16(2)23(15)21-6-7-26-22-14-19(4-5-20(21)22)30-17(3)24(28)27-8-10-29-11-9-27/h4-7,12-14,17H,8-11H2,1-3H3. The Bertz CT molecular complexity index is 1070. The average Bonchev–Trinajstić information content (AvgIpc) is 2.73. The molecule has 1 aliphatic rings. The topological polar surface area (TPSA) is 51.7 Å². The summed E-state index contributed by atoms with van der Waals surface area (Å²) >= 11 is 0. The molecule has 0 saturated carbocycles. The predicted octanol–water partition coefficient (Wildman–Crippen LogP) is 4.28. The molecule has 1 fully saturated rings. The first kappa shape index (κ1) is 20.3. The number of carbonyl (C=O) groups is 1. The number of ether oxygens (including phenoxy) is 2. The second kappa shape index (κ2) is 8.40. The van der Waals surface area contributed by atoms with Crippen LogP contribution in [0.3, 0.4) is 0 Å². The second-order valence-corrected chi connectivity index (χ2v) is 7.65. The first-order chi connectivity index (χ1) is 14.4. The minimum absolute atomic E-state index is 0.0438. The minimum Gasteiger partial charge on any atom is -0.481 e. The van der Waals surface area contributed by atoms with E-state index in [0.29, 0.717) is 32.1 Å². The number of nitrogens with zero attached hydrogens (tertiary/aromatic N) is 2. The summed E-state index contributed by atoms with van der Waals surface area (Å²) in [6.45, 7) is 7.88. The van der Waals surface area contributed by atoms with E-state index in [4.69, 9.17) is 9.47 Å². The molecule has 5 nitrogen and oxygen atoms in total. The maximum absolute atomic E-state index is 13.7. The molecule has 1 atom stereocenters. The van der Waals surface area contributed by atoms with E-state index in [-0.39, 0.29) is 11.7 Å². The SMILES string of the molecule is Cc1cc(F)cc(C)c1-c1ccnc2cc(OC(C)C(=O)N3CCOCC3)ccc12. The van der Waals surface area contributed by atoms with Gasteiger partial charge in [0.15, 0.2) is 6.10 Å². The van der Waals surface area contributed by atoms with E-state index in [9.17, 15) is 9.18 Å². The fraction of sp³-hybridized carbons (Fsp3) is 0.333. The zero-order valence-electron chi connectivity index (χ0n) is 17.4. The van der Waals surface area contributed by atoms with Crippen molar-refractivity contribution >= 4 is 16.8 Å². The molecule has 1 aliphatic heterocycles. The molecule has 1 unspecified atom stereocenters. The third-order valence-electron chi connectivity index (χ3n) is 5.46. The van der Waals surface area contributed by atoms with Crippen LogP contribution >= 0.6 is 0 Å². The van der Waals surface area contributed by atoms with Gasteiger partial charge in [-0.25, -0.2) is 4.39 Å². The third kappa shape index (κ3) is 4.00. The Hall–Kier alpha value is -2.99. The Morgan fingerprint density at radius 1 is 1.13 bits per heavy atom. The number of aryl methyl sites for hydroxylation is 2. The average molecular weight is 408 g/mol. The van der Waals surface area contributed by atoms with Gasteiger partial charge < -0.3 is 14.4 Å². The summed E-state index contributed by atoms with van der Waals surface area (Å²) in [5.41, 5.74) is 4.53. The first-order valence-electron chi connectivity index (χ1n) is 10.1. The summed E-state index contributed by atoms with van der Waals surface area (Å²) in [4.78, 5) is 18.9. The quantitative estimate of drug-likeness (QED) is 0.647. The number of rotatable bonds is 4. The monoisotopic (exact) mass is 408 g/mol. The van der Waals surface area contributed by atoms with Gasteiger partial charge in [-0.2, -0.15) is 0 Å². The van der Waals surface area contributed by atoms with Gasteiger partial charge in [0, 0.05) is 30.7 Å². The molecular formula is C24H25FN2O3. The number of carbonyl (C=O) groups excluding carboxylic acids is 1. The van der Waals surface area contributed by atoms with Crippen LogP contribution in [0.5, 0.6) is 5.75 Å². The van der Waals surface area contributed by atoms with Gasteiger partial charge in [-0.1, -0.05) is 0 Å². The molecule has 0 radical (unpaired) electrons. The Labute approximate surface area is 175 Å². The molecular weight excluding hydrogens is 383 g/mol. The van der Waals surface area contributed by atoms with Crippen LogP contribution in [0.15, 0.2) is 42.6 Å². The van der Waals surface area contributed by atoms with Crippen molar-refractivity contribution in [2.45, 2.75) is 26.9 Å². The van der Waals surface area contributed by atoms with Crippen molar-refractivity contribution in [1.82, 2.24) is 9.88 Å². The van der Waals surface area contributed by atoms with Gasteiger partial charge in [-0.3, -0.25) is 9.78 Å². The summed E-state index contributed by atoms with van der Waals surface area (Å²) < 4.78 is 25.0. The highest BCUT2D eigenvalue weighted by molar-refractivity contribution is 5.96. The zero-order chi connectivity index (χ0) is 21.3. The summed E-state index contributed by atoms with van der Waals surface area (Å²) in [6, 6.07) is 10.7. The maximum atomic E-state index is 13.7. The van der Waals surface area contributed by atoms with Crippen molar-refractivity contribution < 1.29 is 18.7 Å². The lowest BCUT2D eigenvalue weighted by molar-refractivity contribution is -0.142. The highest BCUT2D eigenvalue weighted by Gasteiger charge is 2.24. The smallest absolute Gasteiger partial charge is 0.263 e. The molecule has 0 N–H and O–H groups in total. The molecule has 1 aromatic heterocycles. The van der Waals surface area contributed by atoms with E-state index in [2.05, 4.69) is 4.98 Å². The Morgan fingerprint density at radius 2 is 1.83 bits per heavy atom. The molecule has 0 aliphatic carbocycles. The summed E-state index contributed by atoms with van der Waals surface area (Å²) in [6.07, 6.45) is 1.15. The zero-order valence-corrected chi connectivity index (χ0v) is 17.4. The van der Waals surface area contributed by atoms with Crippen molar-refractivity contribution in [2.24, 2.45) is 0 Å². The van der Waals surface area contributed by atoms with Crippen molar-refractivity contribution in [1.29, 1.82) is 0 Å². The normalized spacial score (nSPS) is 15.3. The van der Waals surface area contributed by atoms with Gasteiger partial charge in [-0.15, -0.1) is 0 Å². The molecule has 2 aromatic carbocycles. The van der Waals surface area contributed by atoms with Gasteiger partial charge >= 0.3 is 0 Å². The fourth-order valence-electron chi connectivity index (χ4n) is 4.05. The molecule has 1 saturated heterocycles.